The molecule has 0 atom stereocenters. The Bertz CT molecular complexity index is 938. The summed E-state index contributed by atoms with van der Waals surface area (Å²) >= 11 is 0. The van der Waals surface area contributed by atoms with Gasteiger partial charge in [0.15, 0.2) is 11.6 Å². The molecule has 1 aliphatic rings. The van der Waals surface area contributed by atoms with Crippen LogP contribution in [0.2, 0.25) is 0 Å². The Balaban J connectivity index is 1.65. The molecule has 0 aliphatic carbocycles. The summed E-state index contributed by atoms with van der Waals surface area (Å²) in [5.41, 5.74) is 0.659. The molecule has 1 saturated heterocycles. The Morgan fingerprint density at radius 2 is 1.93 bits per heavy atom. The average molecular weight is 366 g/mol. The average Bonchev–Trinajstić information content (AvgIpc) is 3.27. The van der Waals surface area contributed by atoms with Crippen molar-refractivity contribution in [3.8, 4) is 17.1 Å². The third-order valence-corrected chi connectivity index (χ3v) is 4.43. The first-order valence-corrected chi connectivity index (χ1v) is 8.97. The second-order valence-corrected chi connectivity index (χ2v) is 6.46. The zero-order chi connectivity index (χ0) is 18.6. The molecule has 1 aliphatic heterocycles. The fourth-order valence-electron chi connectivity index (χ4n) is 3.02. The highest BCUT2D eigenvalue weighted by Gasteiger charge is 2.18. The van der Waals surface area contributed by atoms with Crippen LogP contribution in [-0.4, -0.2) is 51.1 Å². The van der Waals surface area contributed by atoms with Gasteiger partial charge in [0.25, 0.3) is 0 Å². The fraction of sp³-hybridized carbons (Fsp3) is 0.300. The number of hydrogen-bond donors (Lipinski definition) is 1. The zero-order valence-electron chi connectivity index (χ0n) is 15.2. The molecule has 3 aromatic rings. The van der Waals surface area contributed by atoms with Gasteiger partial charge >= 0.3 is 0 Å². The van der Waals surface area contributed by atoms with Gasteiger partial charge in [-0.2, -0.15) is 0 Å². The molecule has 2 aromatic heterocycles. The maximum atomic E-state index is 10.3. The third-order valence-electron chi connectivity index (χ3n) is 4.43. The number of rotatable bonds is 5. The Kier molecular flexibility index (Phi) is 5.04. The van der Waals surface area contributed by atoms with Crippen LogP contribution in [0.25, 0.3) is 23.5 Å². The monoisotopic (exact) mass is 366 g/mol. The van der Waals surface area contributed by atoms with E-state index >= 15 is 0 Å². The fourth-order valence-corrected chi connectivity index (χ4v) is 3.02. The van der Waals surface area contributed by atoms with Crippen molar-refractivity contribution < 1.29 is 14.3 Å². The number of phenolic OH excluding ortho intramolecular Hbond substituents is 1. The van der Waals surface area contributed by atoms with Crippen LogP contribution in [0.4, 0.5) is 0 Å². The van der Waals surface area contributed by atoms with Crippen LogP contribution < -0.4 is 0 Å². The predicted octanol–water partition coefficient (Wildman–Crippen LogP) is 3.01. The molecule has 7 heteroatoms. The van der Waals surface area contributed by atoms with E-state index in [1.807, 2.05) is 48.0 Å². The quantitative estimate of drug-likeness (QED) is 0.748. The highest BCUT2D eigenvalue weighted by atomic mass is 16.5. The molecular formula is C20H22N4O3. The van der Waals surface area contributed by atoms with Gasteiger partial charge < -0.3 is 14.3 Å². The summed E-state index contributed by atoms with van der Waals surface area (Å²) in [6.07, 6.45) is 3.66. The van der Waals surface area contributed by atoms with Gasteiger partial charge in [-0.05, 0) is 43.3 Å². The van der Waals surface area contributed by atoms with E-state index in [0.717, 1.165) is 24.6 Å². The summed E-state index contributed by atoms with van der Waals surface area (Å²) < 4.78 is 12.8. The van der Waals surface area contributed by atoms with Crippen LogP contribution in [0.15, 0.2) is 40.8 Å². The molecule has 1 aromatic carbocycles. The molecule has 1 fully saturated rings. The first kappa shape index (κ1) is 17.5. The second-order valence-electron chi connectivity index (χ2n) is 6.46. The van der Waals surface area contributed by atoms with E-state index in [9.17, 15) is 5.11 Å². The molecular weight excluding hydrogens is 344 g/mol. The lowest BCUT2D eigenvalue weighted by atomic mass is 10.2. The maximum absolute atomic E-state index is 10.3. The largest absolute Gasteiger partial charge is 0.507 e. The number of phenols is 1. The SMILES string of the molecule is Cc1ccc(/C=C/c2nc(-c3ccccc3O)n(CN3CCOCC3)n2)o1. The molecule has 0 radical (unpaired) electrons. The Morgan fingerprint density at radius 3 is 2.67 bits per heavy atom. The highest BCUT2D eigenvalue weighted by molar-refractivity contribution is 5.68. The van der Waals surface area contributed by atoms with Crippen molar-refractivity contribution in [2.24, 2.45) is 0 Å². The summed E-state index contributed by atoms with van der Waals surface area (Å²) in [6.45, 7) is 5.61. The molecule has 4 rings (SSSR count). The van der Waals surface area contributed by atoms with Crippen LogP contribution in [0, 0.1) is 6.92 Å². The van der Waals surface area contributed by atoms with E-state index in [1.54, 1.807) is 12.1 Å². The highest BCUT2D eigenvalue weighted by Crippen LogP contribution is 2.27. The zero-order valence-corrected chi connectivity index (χ0v) is 15.2. The molecule has 27 heavy (non-hydrogen) atoms. The number of hydrogen-bond acceptors (Lipinski definition) is 6. The van der Waals surface area contributed by atoms with Crippen LogP contribution in [0.5, 0.6) is 5.75 Å². The number of nitrogens with zero attached hydrogens (tertiary/aromatic N) is 4. The van der Waals surface area contributed by atoms with Gasteiger partial charge in [0, 0.05) is 13.1 Å². The molecule has 0 amide bonds. The summed E-state index contributed by atoms with van der Waals surface area (Å²) in [7, 11) is 0. The number of aromatic nitrogens is 3. The molecule has 0 saturated carbocycles. The number of aryl methyl sites for hydroxylation is 1. The molecule has 7 nitrogen and oxygen atoms in total. The minimum Gasteiger partial charge on any atom is -0.507 e. The van der Waals surface area contributed by atoms with Gasteiger partial charge in [0.1, 0.15) is 17.3 Å². The summed E-state index contributed by atoms with van der Waals surface area (Å²) in [5.74, 6) is 2.99. The second kappa shape index (κ2) is 7.77. The van der Waals surface area contributed by atoms with E-state index in [0.29, 0.717) is 37.1 Å². The standard InChI is InChI=1S/C20H22N4O3/c1-15-6-7-16(27-15)8-9-19-21-20(17-4-2-3-5-18(17)25)24(22-19)14-23-10-12-26-13-11-23/h2-9,25H,10-14H2,1H3/b9-8+. The van der Waals surface area contributed by atoms with Gasteiger partial charge in [0.05, 0.1) is 25.4 Å². The molecule has 3 heterocycles. The summed E-state index contributed by atoms with van der Waals surface area (Å²) in [5, 5.41) is 14.9. The van der Waals surface area contributed by atoms with Gasteiger partial charge in [-0.1, -0.05) is 12.1 Å². The van der Waals surface area contributed by atoms with Crippen molar-refractivity contribution in [3.05, 3.63) is 53.7 Å². The molecule has 0 unspecified atom stereocenters. The first-order valence-electron chi connectivity index (χ1n) is 8.97. The lowest BCUT2D eigenvalue weighted by Gasteiger charge is -2.26. The number of morpholine rings is 1. The van der Waals surface area contributed by atoms with Crippen LogP contribution in [0.3, 0.4) is 0 Å². The van der Waals surface area contributed by atoms with E-state index in [2.05, 4.69) is 15.0 Å². The van der Waals surface area contributed by atoms with Crippen molar-refractivity contribution in [3.63, 3.8) is 0 Å². The van der Waals surface area contributed by atoms with Gasteiger partial charge in [-0.25, -0.2) is 9.67 Å². The van der Waals surface area contributed by atoms with Crippen LogP contribution >= 0.6 is 0 Å². The van der Waals surface area contributed by atoms with Crippen LogP contribution in [-0.2, 0) is 11.4 Å². The van der Waals surface area contributed by atoms with Gasteiger partial charge in [0.2, 0.25) is 0 Å². The Labute approximate surface area is 157 Å². The van der Waals surface area contributed by atoms with Crippen molar-refractivity contribution in [2.45, 2.75) is 13.6 Å². The predicted molar refractivity (Wildman–Crippen MR) is 102 cm³/mol. The molecule has 140 valence electrons. The lowest BCUT2D eigenvalue weighted by Crippen LogP contribution is -2.37. The summed E-state index contributed by atoms with van der Waals surface area (Å²) in [4.78, 5) is 6.89. The van der Waals surface area contributed by atoms with Crippen molar-refractivity contribution in [2.75, 3.05) is 26.3 Å². The topological polar surface area (TPSA) is 76.6 Å². The van der Waals surface area contributed by atoms with Crippen molar-refractivity contribution in [1.29, 1.82) is 0 Å². The van der Waals surface area contributed by atoms with Crippen LogP contribution in [0.1, 0.15) is 17.3 Å². The minimum absolute atomic E-state index is 0.185. The number of aromatic hydroxyl groups is 1. The Hall–Kier alpha value is -2.90. The number of para-hydroxylation sites is 1. The number of benzene rings is 1. The Morgan fingerprint density at radius 1 is 1.11 bits per heavy atom. The van der Waals surface area contributed by atoms with E-state index in [4.69, 9.17) is 9.15 Å². The maximum Gasteiger partial charge on any atom is 0.174 e. The molecule has 1 N–H and O–H groups in total. The number of furan rings is 1. The molecule has 0 bridgehead atoms. The van der Waals surface area contributed by atoms with E-state index in [1.165, 1.54) is 0 Å². The van der Waals surface area contributed by atoms with E-state index < -0.39 is 0 Å². The normalized spacial score (nSPS) is 15.6. The van der Waals surface area contributed by atoms with Crippen molar-refractivity contribution in [1.82, 2.24) is 19.7 Å². The lowest BCUT2D eigenvalue weighted by molar-refractivity contribution is 0.0216. The third kappa shape index (κ3) is 4.10. The van der Waals surface area contributed by atoms with E-state index in [-0.39, 0.29) is 5.75 Å². The van der Waals surface area contributed by atoms with Crippen molar-refractivity contribution >= 4 is 12.2 Å². The van der Waals surface area contributed by atoms with Gasteiger partial charge in [-0.3, -0.25) is 4.90 Å². The summed E-state index contributed by atoms with van der Waals surface area (Å²) in [6, 6.07) is 11.0. The number of ether oxygens (including phenoxy) is 1. The minimum atomic E-state index is 0.185. The first-order chi connectivity index (χ1) is 13.2. The van der Waals surface area contributed by atoms with Gasteiger partial charge in [-0.15, -0.1) is 5.10 Å². The molecule has 0 spiro atoms. The smallest absolute Gasteiger partial charge is 0.174 e.